The van der Waals surface area contributed by atoms with Crippen LogP contribution >= 0.6 is 0 Å². The predicted octanol–water partition coefficient (Wildman–Crippen LogP) is 6.65. The molecule has 184 valence electrons. The summed E-state index contributed by atoms with van der Waals surface area (Å²) in [6, 6.07) is 14.2. The van der Waals surface area contributed by atoms with E-state index in [2.05, 4.69) is 62.3 Å². The highest BCUT2D eigenvalue weighted by Crippen LogP contribution is 2.42. The Kier molecular flexibility index (Phi) is 7.49. The normalized spacial score (nSPS) is 14.3. The van der Waals surface area contributed by atoms with Crippen LogP contribution in [-0.4, -0.2) is 33.6 Å². The first-order chi connectivity index (χ1) is 16.9. The van der Waals surface area contributed by atoms with E-state index in [0.717, 1.165) is 50.7 Å². The molecule has 6 nitrogen and oxygen atoms in total. The van der Waals surface area contributed by atoms with Crippen molar-refractivity contribution in [3.8, 4) is 23.0 Å². The monoisotopic (exact) mass is 474 g/mol. The predicted molar refractivity (Wildman–Crippen MR) is 142 cm³/mol. The number of nitrogens with one attached hydrogen (secondary N) is 1. The first-order valence-electron chi connectivity index (χ1n) is 11.9. The molecular formula is C29H34N2O4. The van der Waals surface area contributed by atoms with Crippen molar-refractivity contribution in [2.24, 2.45) is 4.99 Å². The first kappa shape index (κ1) is 24.5. The largest absolute Gasteiger partial charge is 0.493 e. The molecule has 3 aromatic rings. The zero-order valence-corrected chi connectivity index (χ0v) is 21.4. The van der Waals surface area contributed by atoms with E-state index in [0.29, 0.717) is 31.1 Å². The number of para-hydroxylation sites is 1. The number of rotatable bonds is 9. The highest BCUT2D eigenvalue weighted by atomic mass is 16.5. The SMILES string of the molecule is COc1cc2c(cc1OC)C(Oc1ccc(NCCOc3c(C)cccc3C)c(C)c1C)CC=N2. The second-order valence-electron chi connectivity index (χ2n) is 8.78. The van der Waals surface area contributed by atoms with Crippen LogP contribution in [0.15, 0.2) is 47.5 Å². The van der Waals surface area contributed by atoms with E-state index in [1.807, 2.05) is 24.4 Å². The fourth-order valence-corrected chi connectivity index (χ4v) is 4.37. The van der Waals surface area contributed by atoms with Crippen molar-refractivity contribution in [2.45, 2.75) is 40.2 Å². The van der Waals surface area contributed by atoms with Gasteiger partial charge in [-0.25, -0.2) is 0 Å². The summed E-state index contributed by atoms with van der Waals surface area (Å²) in [6.45, 7) is 9.65. The van der Waals surface area contributed by atoms with Crippen molar-refractivity contribution in [3.05, 3.63) is 70.3 Å². The maximum absolute atomic E-state index is 6.49. The number of methoxy groups -OCH3 is 2. The summed E-state index contributed by atoms with van der Waals surface area (Å²) in [6.07, 6.45) is 2.44. The number of hydrogen-bond donors (Lipinski definition) is 1. The Hall–Kier alpha value is -3.67. The van der Waals surface area contributed by atoms with Crippen LogP contribution in [0.25, 0.3) is 0 Å². The molecule has 0 radical (unpaired) electrons. The minimum absolute atomic E-state index is 0.148. The van der Waals surface area contributed by atoms with Crippen LogP contribution in [0.3, 0.4) is 0 Å². The number of ether oxygens (including phenoxy) is 4. The Bertz CT molecular complexity index is 1220. The van der Waals surface area contributed by atoms with Crippen LogP contribution in [0.4, 0.5) is 11.4 Å². The van der Waals surface area contributed by atoms with Gasteiger partial charge in [-0.1, -0.05) is 18.2 Å². The van der Waals surface area contributed by atoms with Crippen LogP contribution in [0.5, 0.6) is 23.0 Å². The third kappa shape index (κ3) is 5.21. The molecule has 1 atom stereocenters. The van der Waals surface area contributed by atoms with Crippen LogP contribution in [0.2, 0.25) is 0 Å². The van der Waals surface area contributed by atoms with Gasteiger partial charge in [0.05, 0.1) is 19.9 Å². The van der Waals surface area contributed by atoms with E-state index in [1.165, 1.54) is 0 Å². The van der Waals surface area contributed by atoms with Crippen LogP contribution in [0.1, 0.15) is 40.3 Å². The molecule has 0 saturated carbocycles. The molecule has 1 aliphatic rings. The van der Waals surface area contributed by atoms with Gasteiger partial charge < -0.3 is 24.3 Å². The number of anilines is 1. The van der Waals surface area contributed by atoms with Gasteiger partial charge in [-0.2, -0.15) is 0 Å². The molecule has 0 bridgehead atoms. The van der Waals surface area contributed by atoms with Crippen molar-refractivity contribution in [2.75, 3.05) is 32.7 Å². The Morgan fingerprint density at radius 2 is 1.60 bits per heavy atom. The van der Waals surface area contributed by atoms with Crippen LogP contribution in [-0.2, 0) is 0 Å². The van der Waals surface area contributed by atoms with E-state index in [4.69, 9.17) is 18.9 Å². The molecule has 35 heavy (non-hydrogen) atoms. The van der Waals surface area contributed by atoms with E-state index in [-0.39, 0.29) is 6.10 Å². The third-order valence-corrected chi connectivity index (χ3v) is 6.51. The molecule has 0 aliphatic carbocycles. The van der Waals surface area contributed by atoms with E-state index in [1.54, 1.807) is 14.2 Å². The molecule has 1 aliphatic heterocycles. The number of aliphatic imine (C=N–C) groups is 1. The summed E-state index contributed by atoms with van der Waals surface area (Å²) < 4.78 is 23.4. The van der Waals surface area contributed by atoms with Gasteiger partial charge in [0.15, 0.2) is 11.5 Å². The maximum Gasteiger partial charge on any atom is 0.162 e. The average Bonchev–Trinajstić information content (AvgIpc) is 2.86. The first-order valence-corrected chi connectivity index (χ1v) is 11.9. The fraction of sp³-hybridized carbons (Fsp3) is 0.345. The summed E-state index contributed by atoms with van der Waals surface area (Å²) >= 11 is 0. The van der Waals surface area contributed by atoms with Gasteiger partial charge in [-0.05, 0) is 68.1 Å². The van der Waals surface area contributed by atoms with Crippen molar-refractivity contribution in [1.82, 2.24) is 0 Å². The average molecular weight is 475 g/mol. The van der Waals surface area contributed by atoms with Crippen LogP contribution < -0.4 is 24.3 Å². The van der Waals surface area contributed by atoms with Crippen molar-refractivity contribution >= 4 is 17.6 Å². The minimum Gasteiger partial charge on any atom is -0.493 e. The standard InChI is InChI=1S/C29H34N2O4/c1-18-8-7-9-19(2)29(18)34-15-14-31-23-10-11-25(21(4)20(23)3)35-26-12-13-30-24-17-28(33-6)27(32-5)16-22(24)26/h7-11,13,16-17,26,31H,12,14-15H2,1-6H3. The highest BCUT2D eigenvalue weighted by molar-refractivity contribution is 5.72. The van der Waals surface area contributed by atoms with Gasteiger partial charge in [-0.3, -0.25) is 4.99 Å². The lowest BCUT2D eigenvalue weighted by molar-refractivity contribution is 0.212. The molecule has 1 unspecified atom stereocenters. The molecule has 0 spiro atoms. The second-order valence-corrected chi connectivity index (χ2v) is 8.78. The number of nitrogens with zero attached hydrogens (tertiary/aromatic N) is 1. The Labute approximate surface area is 207 Å². The molecule has 0 saturated heterocycles. The molecule has 3 aromatic carbocycles. The summed E-state index contributed by atoms with van der Waals surface area (Å²) in [7, 11) is 3.26. The molecule has 0 fully saturated rings. The molecule has 0 amide bonds. The third-order valence-electron chi connectivity index (χ3n) is 6.51. The zero-order chi connectivity index (χ0) is 24.9. The zero-order valence-electron chi connectivity index (χ0n) is 21.4. The lowest BCUT2D eigenvalue weighted by Crippen LogP contribution is -2.15. The Morgan fingerprint density at radius 1 is 0.886 bits per heavy atom. The van der Waals surface area contributed by atoms with Gasteiger partial charge in [0, 0.05) is 36.5 Å². The van der Waals surface area contributed by atoms with E-state index >= 15 is 0 Å². The van der Waals surface area contributed by atoms with E-state index < -0.39 is 0 Å². The number of hydrogen-bond acceptors (Lipinski definition) is 6. The van der Waals surface area contributed by atoms with Gasteiger partial charge in [0.1, 0.15) is 24.2 Å². The van der Waals surface area contributed by atoms with Gasteiger partial charge in [0.2, 0.25) is 0 Å². The summed E-state index contributed by atoms with van der Waals surface area (Å²) in [4.78, 5) is 4.54. The minimum atomic E-state index is -0.148. The molecule has 6 heteroatoms. The number of aryl methyl sites for hydroxylation is 2. The van der Waals surface area contributed by atoms with Crippen molar-refractivity contribution in [1.29, 1.82) is 0 Å². The topological polar surface area (TPSA) is 61.3 Å². The summed E-state index contributed by atoms with van der Waals surface area (Å²) in [5.41, 5.74) is 7.50. The molecule has 1 N–H and O–H groups in total. The van der Waals surface area contributed by atoms with E-state index in [9.17, 15) is 0 Å². The Balaban J connectivity index is 1.44. The Morgan fingerprint density at radius 3 is 2.31 bits per heavy atom. The summed E-state index contributed by atoms with van der Waals surface area (Å²) in [5.74, 6) is 3.16. The lowest BCUT2D eigenvalue weighted by Gasteiger charge is -2.25. The maximum atomic E-state index is 6.49. The second kappa shape index (κ2) is 10.7. The smallest absolute Gasteiger partial charge is 0.162 e. The number of fused-ring (bicyclic) bond motifs is 1. The quantitative estimate of drug-likeness (QED) is 0.352. The van der Waals surface area contributed by atoms with Crippen LogP contribution in [0, 0.1) is 27.7 Å². The molecule has 4 rings (SSSR count). The fourth-order valence-electron chi connectivity index (χ4n) is 4.37. The molecule has 1 heterocycles. The van der Waals surface area contributed by atoms with Crippen molar-refractivity contribution < 1.29 is 18.9 Å². The van der Waals surface area contributed by atoms with Crippen molar-refractivity contribution in [3.63, 3.8) is 0 Å². The van der Waals surface area contributed by atoms with Gasteiger partial charge >= 0.3 is 0 Å². The van der Waals surface area contributed by atoms with Gasteiger partial charge in [0.25, 0.3) is 0 Å². The number of benzene rings is 3. The lowest BCUT2D eigenvalue weighted by atomic mass is 10.0. The molecule has 0 aromatic heterocycles. The summed E-state index contributed by atoms with van der Waals surface area (Å²) in [5, 5.41) is 3.51. The van der Waals surface area contributed by atoms with Gasteiger partial charge in [-0.15, -0.1) is 0 Å². The molecular weight excluding hydrogens is 440 g/mol. The highest BCUT2D eigenvalue weighted by Gasteiger charge is 2.24.